The molecule has 0 nitrogen and oxygen atoms in total. The van der Waals surface area contributed by atoms with Crippen LogP contribution >= 0.6 is 36.0 Å². The molecule has 0 aliphatic rings. The van der Waals surface area contributed by atoms with Gasteiger partial charge in [-0.2, -0.15) is 24.4 Å². The highest BCUT2D eigenvalue weighted by atomic mass is 35.5. The molecule has 13 heavy (non-hydrogen) atoms. The van der Waals surface area contributed by atoms with Crippen molar-refractivity contribution in [2.24, 2.45) is 0 Å². The van der Waals surface area contributed by atoms with E-state index in [1.807, 2.05) is 11.8 Å². The molecular weight excluding hydrogens is 220 g/mol. The monoisotopic (exact) mass is 240 g/mol. The molecule has 3 heteroatoms. The Balaban J connectivity index is 2.97. The van der Waals surface area contributed by atoms with Crippen LogP contribution in [0, 0.1) is 0 Å². The maximum absolute atomic E-state index is 5.62. The van der Waals surface area contributed by atoms with Crippen molar-refractivity contribution in [1.29, 1.82) is 0 Å². The highest BCUT2D eigenvalue weighted by Crippen LogP contribution is 2.13. The molecule has 0 bridgehead atoms. The molecule has 0 spiro atoms. The third-order valence-electron chi connectivity index (χ3n) is 1.89. The Kier molecular flexibility index (Phi) is 11.9. The van der Waals surface area contributed by atoms with Crippen molar-refractivity contribution < 1.29 is 0 Å². The first-order valence-electron chi connectivity index (χ1n) is 5.13. The van der Waals surface area contributed by atoms with Crippen molar-refractivity contribution in [1.82, 2.24) is 0 Å². The molecule has 0 aliphatic heterocycles. The largest absolute Gasteiger partial charge is 0.175 e. The summed E-state index contributed by atoms with van der Waals surface area (Å²) >= 11 is 12.1. The Morgan fingerprint density at radius 3 is 2.69 bits per heavy atom. The number of hydrogen-bond acceptors (Lipinski definition) is 2. The van der Waals surface area contributed by atoms with Gasteiger partial charge in [0, 0.05) is 16.9 Å². The average molecular weight is 241 g/mol. The predicted octanol–water partition coefficient (Wildman–Crippen LogP) is 4.23. The van der Waals surface area contributed by atoms with Gasteiger partial charge < -0.3 is 0 Å². The van der Waals surface area contributed by atoms with Gasteiger partial charge in [0.05, 0.1) is 0 Å². The van der Waals surface area contributed by atoms with E-state index in [1.165, 1.54) is 31.4 Å². The second-order valence-electron chi connectivity index (χ2n) is 3.27. The van der Waals surface area contributed by atoms with E-state index < -0.39 is 0 Å². The number of halogens is 1. The van der Waals surface area contributed by atoms with Crippen molar-refractivity contribution in [3.8, 4) is 0 Å². The molecule has 0 amide bonds. The molecule has 0 aromatic carbocycles. The molecule has 0 saturated heterocycles. The maximum Gasteiger partial charge on any atom is 0.0234 e. The Hall–Kier alpha value is 0.990. The molecule has 0 fully saturated rings. The Morgan fingerprint density at radius 1 is 1.31 bits per heavy atom. The van der Waals surface area contributed by atoms with Crippen LogP contribution in [-0.2, 0) is 0 Å². The van der Waals surface area contributed by atoms with Gasteiger partial charge in [-0.1, -0.05) is 26.2 Å². The highest BCUT2D eigenvalue weighted by Gasteiger charge is 2.01. The summed E-state index contributed by atoms with van der Waals surface area (Å²) in [6.45, 7) is 2.25. The van der Waals surface area contributed by atoms with Gasteiger partial charge in [0.2, 0.25) is 0 Å². The van der Waals surface area contributed by atoms with Gasteiger partial charge in [0.1, 0.15) is 0 Å². The number of alkyl halides is 1. The summed E-state index contributed by atoms with van der Waals surface area (Å²) < 4.78 is 0. The lowest BCUT2D eigenvalue weighted by Gasteiger charge is -2.07. The summed E-state index contributed by atoms with van der Waals surface area (Å²) in [7, 11) is 0. The standard InChI is InChI=1S/C10H21ClS2/c1-2-3-4-5-8-13-9-10(12)6-7-11/h10,12H,2-9H2,1H3. The molecule has 0 heterocycles. The van der Waals surface area contributed by atoms with Crippen LogP contribution in [0.2, 0.25) is 0 Å². The number of hydrogen-bond donors (Lipinski definition) is 1. The van der Waals surface area contributed by atoms with E-state index in [4.69, 9.17) is 11.6 Å². The van der Waals surface area contributed by atoms with Gasteiger partial charge >= 0.3 is 0 Å². The third-order valence-corrected chi connectivity index (χ3v) is 4.02. The van der Waals surface area contributed by atoms with E-state index in [2.05, 4.69) is 19.6 Å². The minimum atomic E-state index is 0.494. The first-order valence-corrected chi connectivity index (χ1v) is 7.33. The van der Waals surface area contributed by atoms with Crippen LogP contribution in [0.5, 0.6) is 0 Å². The van der Waals surface area contributed by atoms with E-state index in [9.17, 15) is 0 Å². The highest BCUT2D eigenvalue weighted by molar-refractivity contribution is 8.00. The molecule has 1 unspecified atom stereocenters. The minimum Gasteiger partial charge on any atom is -0.175 e. The molecule has 0 N–H and O–H groups in total. The van der Waals surface area contributed by atoms with Gasteiger partial charge in [0.25, 0.3) is 0 Å². The van der Waals surface area contributed by atoms with Gasteiger partial charge in [0.15, 0.2) is 0 Å². The first-order chi connectivity index (χ1) is 6.31. The normalized spacial score (nSPS) is 13.2. The zero-order valence-corrected chi connectivity index (χ0v) is 10.9. The molecule has 1 atom stereocenters. The summed E-state index contributed by atoms with van der Waals surface area (Å²) in [6.07, 6.45) is 6.49. The van der Waals surface area contributed by atoms with Gasteiger partial charge in [-0.05, 0) is 18.6 Å². The van der Waals surface area contributed by atoms with Gasteiger partial charge in [-0.3, -0.25) is 0 Å². The van der Waals surface area contributed by atoms with Crippen molar-refractivity contribution in [3.63, 3.8) is 0 Å². The van der Waals surface area contributed by atoms with Crippen LogP contribution in [-0.4, -0.2) is 22.6 Å². The fraction of sp³-hybridized carbons (Fsp3) is 1.00. The van der Waals surface area contributed by atoms with E-state index in [0.29, 0.717) is 5.25 Å². The molecule has 0 saturated carbocycles. The lowest BCUT2D eigenvalue weighted by Crippen LogP contribution is -2.03. The van der Waals surface area contributed by atoms with E-state index in [1.54, 1.807) is 0 Å². The number of thioether (sulfide) groups is 1. The first kappa shape index (κ1) is 14.0. The lowest BCUT2D eigenvalue weighted by molar-refractivity contribution is 0.706. The second-order valence-corrected chi connectivity index (χ2v) is 5.53. The molecule has 0 radical (unpaired) electrons. The van der Waals surface area contributed by atoms with E-state index in [0.717, 1.165) is 18.1 Å². The zero-order valence-electron chi connectivity index (χ0n) is 8.47. The smallest absolute Gasteiger partial charge is 0.0234 e. The van der Waals surface area contributed by atoms with Gasteiger partial charge in [-0.25, -0.2) is 0 Å². The van der Waals surface area contributed by atoms with Crippen LogP contribution in [0.25, 0.3) is 0 Å². The van der Waals surface area contributed by atoms with E-state index in [-0.39, 0.29) is 0 Å². The molecule has 80 valence electrons. The molecule has 0 aromatic rings. The van der Waals surface area contributed by atoms with Crippen molar-refractivity contribution in [2.75, 3.05) is 17.4 Å². The summed E-state index contributed by atoms with van der Waals surface area (Å²) in [5.74, 6) is 3.19. The Bertz CT molecular complexity index is 98.9. The summed E-state index contributed by atoms with van der Waals surface area (Å²) in [6, 6.07) is 0. The maximum atomic E-state index is 5.62. The van der Waals surface area contributed by atoms with Crippen LogP contribution < -0.4 is 0 Å². The van der Waals surface area contributed by atoms with Crippen LogP contribution in [0.1, 0.15) is 39.0 Å². The molecular formula is C10H21ClS2. The second kappa shape index (κ2) is 11.1. The third kappa shape index (κ3) is 10.9. The lowest BCUT2D eigenvalue weighted by atomic mass is 10.2. The van der Waals surface area contributed by atoms with Crippen LogP contribution in [0.3, 0.4) is 0 Å². The van der Waals surface area contributed by atoms with Gasteiger partial charge in [-0.15, -0.1) is 11.6 Å². The summed E-state index contributed by atoms with van der Waals surface area (Å²) in [5, 5.41) is 0.494. The number of thiol groups is 1. The predicted molar refractivity (Wildman–Crippen MR) is 69.6 cm³/mol. The van der Waals surface area contributed by atoms with Crippen molar-refractivity contribution in [2.45, 2.75) is 44.3 Å². The van der Waals surface area contributed by atoms with Crippen molar-refractivity contribution >= 4 is 36.0 Å². The Morgan fingerprint density at radius 2 is 2.08 bits per heavy atom. The average Bonchev–Trinajstić information content (AvgIpc) is 2.11. The molecule has 0 rings (SSSR count). The van der Waals surface area contributed by atoms with E-state index >= 15 is 0 Å². The summed E-state index contributed by atoms with van der Waals surface area (Å²) in [5.41, 5.74) is 0. The number of rotatable bonds is 9. The Labute approximate surface area is 97.6 Å². The SMILES string of the molecule is CCCCCCSCC(S)CCCl. The zero-order chi connectivity index (χ0) is 9.94. The number of unbranched alkanes of at least 4 members (excludes halogenated alkanes) is 3. The van der Waals surface area contributed by atoms with Crippen molar-refractivity contribution in [3.05, 3.63) is 0 Å². The molecule has 0 aromatic heterocycles. The van der Waals surface area contributed by atoms with Crippen LogP contribution in [0.15, 0.2) is 0 Å². The minimum absolute atomic E-state index is 0.494. The summed E-state index contributed by atoms with van der Waals surface area (Å²) in [4.78, 5) is 0. The fourth-order valence-electron chi connectivity index (χ4n) is 1.06. The fourth-order valence-corrected chi connectivity index (χ4v) is 2.93. The quantitative estimate of drug-likeness (QED) is 0.358. The van der Waals surface area contributed by atoms with Crippen LogP contribution in [0.4, 0.5) is 0 Å². The topological polar surface area (TPSA) is 0 Å². The molecule has 0 aliphatic carbocycles.